The molecule has 0 radical (unpaired) electrons. The van der Waals surface area contributed by atoms with Crippen molar-refractivity contribution in [3.8, 4) is 0 Å². The van der Waals surface area contributed by atoms with Gasteiger partial charge < -0.3 is 9.64 Å². The molecule has 2 saturated heterocycles. The average Bonchev–Trinajstić information content (AvgIpc) is 2.93. The molecule has 0 spiro atoms. The van der Waals surface area contributed by atoms with E-state index in [9.17, 15) is 4.79 Å². The van der Waals surface area contributed by atoms with Gasteiger partial charge in [-0.3, -0.25) is 4.79 Å². The lowest BCUT2D eigenvalue weighted by Crippen LogP contribution is -2.61. The molecular formula is C22H29NO2. The molecule has 25 heavy (non-hydrogen) atoms. The van der Waals surface area contributed by atoms with Crippen molar-refractivity contribution in [2.45, 2.75) is 70.1 Å². The van der Waals surface area contributed by atoms with Crippen molar-refractivity contribution < 1.29 is 9.53 Å². The number of benzene rings is 1. The predicted molar refractivity (Wildman–Crippen MR) is 96.8 cm³/mol. The van der Waals surface area contributed by atoms with Gasteiger partial charge in [-0.15, -0.1) is 0 Å². The minimum absolute atomic E-state index is 0.177. The first-order valence-corrected chi connectivity index (χ1v) is 10.3. The summed E-state index contributed by atoms with van der Waals surface area (Å²) < 4.78 is 6.73. The molecule has 1 aromatic rings. The summed E-state index contributed by atoms with van der Waals surface area (Å²) in [6, 6.07) is 9.19. The van der Waals surface area contributed by atoms with Crippen LogP contribution in [0.2, 0.25) is 0 Å². The first-order valence-electron chi connectivity index (χ1n) is 10.3. The van der Waals surface area contributed by atoms with Gasteiger partial charge in [-0.25, -0.2) is 0 Å². The van der Waals surface area contributed by atoms with Gasteiger partial charge in [0.15, 0.2) is 5.72 Å². The van der Waals surface area contributed by atoms with Crippen LogP contribution in [-0.2, 0) is 15.3 Å². The normalized spacial score (nSPS) is 40.4. The molecule has 2 heterocycles. The fourth-order valence-corrected chi connectivity index (χ4v) is 6.19. The lowest BCUT2D eigenvalue weighted by atomic mass is 9.73. The number of ether oxygens (including phenoxy) is 1. The van der Waals surface area contributed by atoms with Crippen LogP contribution in [0.25, 0.3) is 0 Å². The van der Waals surface area contributed by atoms with Crippen LogP contribution in [-0.4, -0.2) is 23.5 Å². The fraction of sp³-hybridized carbons (Fsp3) is 0.682. The van der Waals surface area contributed by atoms with E-state index in [0.29, 0.717) is 23.8 Å². The lowest BCUT2D eigenvalue weighted by Gasteiger charge is -2.54. The molecule has 0 unspecified atom stereocenters. The Hall–Kier alpha value is -1.35. The molecule has 2 aliphatic carbocycles. The van der Waals surface area contributed by atoms with Crippen molar-refractivity contribution >= 4 is 5.91 Å². The summed E-state index contributed by atoms with van der Waals surface area (Å²) in [4.78, 5) is 15.8. The molecule has 1 amide bonds. The molecule has 4 aliphatic rings. The van der Waals surface area contributed by atoms with E-state index < -0.39 is 5.72 Å². The predicted octanol–water partition coefficient (Wildman–Crippen LogP) is 4.39. The van der Waals surface area contributed by atoms with Crippen molar-refractivity contribution in [3.63, 3.8) is 0 Å². The third kappa shape index (κ3) is 2.17. The Morgan fingerprint density at radius 1 is 1.00 bits per heavy atom. The van der Waals surface area contributed by atoms with Crippen molar-refractivity contribution in [3.05, 3.63) is 35.4 Å². The number of hydrogen-bond donors (Lipinski definition) is 0. The number of rotatable bonds is 1. The molecule has 2 saturated carbocycles. The third-order valence-corrected chi connectivity index (χ3v) is 7.36. The summed E-state index contributed by atoms with van der Waals surface area (Å²) in [7, 11) is 0. The highest BCUT2D eigenvalue weighted by Crippen LogP contribution is 2.58. The summed E-state index contributed by atoms with van der Waals surface area (Å²) in [5.41, 5.74) is 1.99. The summed E-state index contributed by atoms with van der Waals surface area (Å²) in [6.45, 7) is 2.95. The van der Waals surface area contributed by atoms with Gasteiger partial charge in [0, 0.05) is 29.4 Å². The second-order valence-corrected chi connectivity index (χ2v) is 8.69. The minimum Gasteiger partial charge on any atom is -0.350 e. The van der Waals surface area contributed by atoms with E-state index in [-0.39, 0.29) is 5.92 Å². The highest BCUT2D eigenvalue weighted by molar-refractivity contribution is 5.84. The molecule has 5 atom stereocenters. The van der Waals surface area contributed by atoms with E-state index in [4.69, 9.17) is 4.74 Å². The molecule has 3 nitrogen and oxygen atoms in total. The van der Waals surface area contributed by atoms with Gasteiger partial charge in [-0.05, 0) is 32.6 Å². The Labute approximate surface area is 150 Å². The van der Waals surface area contributed by atoms with E-state index in [1.54, 1.807) is 0 Å². The Bertz CT molecular complexity index is 669. The Morgan fingerprint density at radius 2 is 1.72 bits per heavy atom. The number of carbonyl (C=O) groups excluding carboxylic acids is 1. The topological polar surface area (TPSA) is 29.5 Å². The van der Waals surface area contributed by atoms with Crippen LogP contribution < -0.4 is 0 Å². The maximum absolute atomic E-state index is 13.5. The van der Waals surface area contributed by atoms with Gasteiger partial charge in [0.1, 0.15) is 0 Å². The number of hydrogen-bond acceptors (Lipinski definition) is 2. The average molecular weight is 339 g/mol. The monoisotopic (exact) mass is 339 g/mol. The van der Waals surface area contributed by atoms with E-state index in [0.717, 1.165) is 25.9 Å². The second-order valence-electron chi connectivity index (χ2n) is 8.69. The Balaban J connectivity index is 1.65. The van der Waals surface area contributed by atoms with Crippen molar-refractivity contribution in [2.24, 2.45) is 17.8 Å². The first kappa shape index (κ1) is 15.9. The maximum atomic E-state index is 13.5. The minimum atomic E-state index is -0.492. The third-order valence-electron chi connectivity index (χ3n) is 7.36. The van der Waals surface area contributed by atoms with Gasteiger partial charge in [-0.2, -0.15) is 0 Å². The van der Waals surface area contributed by atoms with E-state index >= 15 is 0 Å². The lowest BCUT2D eigenvalue weighted by molar-refractivity contribution is -0.241. The van der Waals surface area contributed by atoms with Crippen molar-refractivity contribution in [1.29, 1.82) is 0 Å². The largest absolute Gasteiger partial charge is 0.350 e. The van der Waals surface area contributed by atoms with Crippen LogP contribution in [0.3, 0.4) is 0 Å². The highest BCUT2D eigenvalue weighted by Gasteiger charge is 2.64. The highest BCUT2D eigenvalue weighted by atomic mass is 16.5. The van der Waals surface area contributed by atoms with Crippen LogP contribution in [0.4, 0.5) is 0 Å². The second kappa shape index (κ2) is 5.84. The molecule has 1 aromatic carbocycles. The number of nitrogens with zero attached hydrogens (tertiary/aromatic N) is 1. The van der Waals surface area contributed by atoms with Crippen molar-refractivity contribution in [1.82, 2.24) is 4.90 Å². The Morgan fingerprint density at radius 3 is 2.56 bits per heavy atom. The van der Waals surface area contributed by atoms with Crippen LogP contribution >= 0.6 is 0 Å². The van der Waals surface area contributed by atoms with E-state index in [1.165, 1.54) is 43.2 Å². The molecule has 0 aromatic heterocycles. The maximum Gasteiger partial charge on any atom is 0.228 e. The number of amides is 1. The van der Waals surface area contributed by atoms with E-state index in [2.05, 4.69) is 36.1 Å². The first-order chi connectivity index (χ1) is 12.2. The van der Waals surface area contributed by atoms with Crippen LogP contribution in [0.15, 0.2) is 24.3 Å². The van der Waals surface area contributed by atoms with Gasteiger partial charge in [-0.1, -0.05) is 55.5 Å². The summed E-state index contributed by atoms with van der Waals surface area (Å²) in [6.07, 6.45) is 9.51. The van der Waals surface area contributed by atoms with Crippen LogP contribution in [0.1, 0.15) is 62.5 Å². The van der Waals surface area contributed by atoms with Gasteiger partial charge in [0.25, 0.3) is 0 Å². The van der Waals surface area contributed by atoms with Crippen molar-refractivity contribution in [2.75, 3.05) is 6.61 Å². The standard InChI is InChI=1S/C22H29NO2/c1-15-10-12-17(13-11-15)22-19-8-4-3-7-18(19)21(24)23(22)20-9-5-2-6-16(20)14-25-22/h10-13,16,18-20H,2-9,14H2,1H3/t16-,18+,19+,20+,22-/m1/s1. The molecule has 0 bridgehead atoms. The number of fused-ring (bicyclic) bond motifs is 5. The molecule has 5 rings (SSSR count). The van der Waals surface area contributed by atoms with Crippen LogP contribution in [0, 0.1) is 24.7 Å². The fourth-order valence-electron chi connectivity index (χ4n) is 6.19. The summed E-state index contributed by atoms with van der Waals surface area (Å²) in [5.74, 6) is 1.44. The molecule has 134 valence electrons. The smallest absolute Gasteiger partial charge is 0.228 e. The SMILES string of the molecule is Cc1ccc([C@]23OC[C@H]4CCCC[C@@H]4N2C(=O)[C@H]2CCCC[C@@H]23)cc1. The Kier molecular flexibility index (Phi) is 3.70. The van der Waals surface area contributed by atoms with Gasteiger partial charge in [0.2, 0.25) is 5.91 Å². The van der Waals surface area contributed by atoms with Crippen LogP contribution in [0.5, 0.6) is 0 Å². The molecule has 4 fully saturated rings. The zero-order chi connectivity index (χ0) is 17.0. The molecule has 3 heteroatoms. The molecule has 0 N–H and O–H groups in total. The number of carbonyl (C=O) groups is 1. The number of aryl methyl sites for hydroxylation is 1. The summed E-state index contributed by atoms with van der Waals surface area (Å²) >= 11 is 0. The summed E-state index contributed by atoms with van der Waals surface area (Å²) in [5, 5.41) is 0. The van der Waals surface area contributed by atoms with Gasteiger partial charge >= 0.3 is 0 Å². The molecular weight excluding hydrogens is 310 g/mol. The molecule has 2 aliphatic heterocycles. The van der Waals surface area contributed by atoms with E-state index in [1.807, 2.05) is 0 Å². The quantitative estimate of drug-likeness (QED) is 0.759. The zero-order valence-electron chi connectivity index (χ0n) is 15.2. The zero-order valence-corrected chi connectivity index (χ0v) is 15.2. The van der Waals surface area contributed by atoms with Gasteiger partial charge in [0.05, 0.1) is 6.61 Å².